The number of rotatable bonds is 9. The molecule has 0 unspecified atom stereocenters. The van der Waals surface area contributed by atoms with Gasteiger partial charge in [0.15, 0.2) is 0 Å². The zero-order valence-electron chi connectivity index (χ0n) is 11.4. The topological polar surface area (TPSA) is 71.1 Å². The molecule has 0 atom stereocenters. The standard InChI is InChI=1S/C14H18NO5/c1-3-14(16)20-11-5-4-10-19-13-8-6-12(7-9-13)15(17)18-2/h3,6-9H,1,4-5,10-11H2,2H3/q-1. The van der Waals surface area contributed by atoms with E-state index in [1.807, 2.05) is 0 Å². The fourth-order valence-electron chi connectivity index (χ4n) is 1.40. The van der Waals surface area contributed by atoms with Gasteiger partial charge in [-0.25, -0.2) is 4.79 Å². The largest absolute Gasteiger partial charge is 0.733 e. The monoisotopic (exact) mass is 280 g/mol. The summed E-state index contributed by atoms with van der Waals surface area (Å²) in [4.78, 5) is 15.3. The molecule has 0 aliphatic carbocycles. The minimum atomic E-state index is -0.415. The Morgan fingerprint density at radius 2 is 1.95 bits per heavy atom. The Labute approximate surface area is 118 Å². The smallest absolute Gasteiger partial charge is 0.330 e. The van der Waals surface area contributed by atoms with Crippen LogP contribution in [-0.2, 0) is 14.4 Å². The first kappa shape index (κ1) is 16.0. The molecule has 1 rings (SSSR count). The highest BCUT2D eigenvalue weighted by atomic mass is 16.9. The number of unbranched alkanes of at least 4 members (excludes halogenated alkanes) is 1. The van der Waals surface area contributed by atoms with Crippen LogP contribution in [0, 0.1) is 5.21 Å². The van der Waals surface area contributed by atoms with Gasteiger partial charge in [0.1, 0.15) is 5.75 Å². The van der Waals surface area contributed by atoms with Crippen LogP contribution >= 0.6 is 0 Å². The minimum Gasteiger partial charge on any atom is -0.733 e. The second kappa shape index (κ2) is 8.95. The first-order valence-corrected chi connectivity index (χ1v) is 6.21. The molecule has 0 spiro atoms. The van der Waals surface area contributed by atoms with E-state index in [1.54, 1.807) is 24.3 Å². The van der Waals surface area contributed by atoms with E-state index in [2.05, 4.69) is 11.4 Å². The molecule has 1 aromatic carbocycles. The van der Waals surface area contributed by atoms with Crippen molar-refractivity contribution in [2.24, 2.45) is 0 Å². The molecule has 0 aliphatic rings. The summed E-state index contributed by atoms with van der Waals surface area (Å²) in [7, 11) is 1.30. The van der Waals surface area contributed by atoms with E-state index in [-0.39, 0.29) is 0 Å². The van der Waals surface area contributed by atoms with Crippen LogP contribution in [0.4, 0.5) is 5.69 Å². The van der Waals surface area contributed by atoms with Crippen molar-refractivity contribution in [2.45, 2.75) is 12.8 Å². The molecule has 0 N–H and O–H groups in total. The van der Waals surface area contributed by atoms with Crippen LogP contribution in [0.1, 0.15) is 12.8 Å². The fraction of sp³-hybridized carbons (Fsp3) is 0.357. The quantitative estimate of drug-likeness (QED) is 0.299. The Morgan fingerprint density at radius 1 is 1.30 bits per heavy atom. The van der Waals surface area contributed by atoms with E-state index in [9.17, 15) is 10.0 Å². The third kappa shape index (κ3) is 5.73. The van der Waals surface area contributed by atoms with Crippen molar-refractivity contribution < 1.29 is 19.1 Å². The number of carbonyl (C=O) groups is 1. The molecule has 20 heavy (non-hydrogen) atoms. The molecule has 0 aromatic heterocycles. The van der Waals surface area contributed by atoms with Gasteiger partial charge >= 0.3 is 5.97 Å². The number of ether oxygens (including phenoxy) is 2. The third-order valence-corrected chi connectivity index (χ3v) is 2.43. The van der Waals surface area contributed by atoms with Gasteiger partial charge in [0, 0.05) is 6.08 Å². The molecule has 0 fully saturated rings. The molecule has 0 saturated heterocycles. The molecule has 1 aromatic rings. The summed E-state index contributed by atoms with van der Waals surface area (Å²) in [5.41, 5.74) is 0.399. The van der Waals surface area contributed by atoms with Gasteiger partial charge in [0.25, 0.3) is 0 Å². The van der Waals surface area contributed by atoms with Crippen LogP contribution in [0.2, 0.25) is 0 Å². The SMILES string of the molecule is C=CC(=O)OCCCCOc1ccc(N([O-])OC)cc1. The third-order valence-electron chi connectivity index (χ3n) is 2.43. The normalized spacial score (nSPS) is 9.90. The maximum Gasteiger partial charge on any atom is 0.330 e. The molecular formula is C14H18NO5-. The van der Waals surface area contributed by atoms with Crippen molar-refractivity contribution in [3.63, 3.8) is 0 Å². The van der Waals surface area contributed by atoms with E-state index in [0.29, 0.717) is 29.9 Å². The Kier molecular flexibility index (Phi) is 7.16. The predicted octanol–water partition coefficient (Wildman–Crippen LogP) is 2.44. The highest BCUT2D eigenvalue weighted by molar-refractivity contribution is 5.81. The summed E-state index contributed by atoms with van der Waals surface area (Å²) >= 11 is 0. The summed E-state index contributed by atoms with van der Waals surface area (Å²) in [6.07, 6.45) is 2.62. The number of nitrogens with zero attached hydrogens (tertiary/aromatic N) is 1. The van der Waals surface area contributed by atoms with E-state index in [0.717, 1.165) is 18.9 Å². The number of benzene rings is 1. The number of carbonyl (C=O) groups excluding carboxylic acids is 1. The molecule has 6 nitrogen and oxygen atoms in total. The highest BCUT2D eigenvalue weighted by Gasteiger charge is 1.98. The first-order chi connectivity index (χ1) is 9.67. The molecule has 0 saturated carbocycles. The molecule has 6 heteroatoms. The molecule has 0 bridgehead atoms. The van der Waals surface area contributed by atoms with Gasteiger partial charge in [-0.05, 0) is 37.1 Å². The Hall–Kier alpha value is -2.05. The average Bonchev–Trinajstić information content (AvgIpc) is 2.50. The van der Waals surface area contributed by atoms with Crippen molar-refractivity contribution in [3.05, 3.63) is 42.1 Å². The van der Waals surface area contributed by atoms with Crippen molar-refractivity contribution in [3.8, 4) is 5.75 Å². The van der Waals surface area contributed by atoms with E-state index in [1.165, 1.54) is 7.11 Å². The lowest BCUT2D eigenvalue weighted by Gasteiger charge is -2.26. The number of hydrogen-bond acceptors (Lipinski definition) is 6. The number of esters is 1. The Balaban J connectivity index is 2.19. The van der Waals surface area contributed by atoms with E-state index in [4.69, 9.17) is 9.47 Å². The van der Waals surface area contributed by atoms with Crippen LogP contribution in [0.3, 0.4) is 0 Å². The Morgan fingerprint density at radius 3 is 2.55 bits per heavy atom. The molecule has 0 amide bonds. The van der Waals surface area contributed by atoms with Crippen molar-refractivity contribution in [1.29, 1.82) is 0 Å². The van der Waals surface area contributed by atoms with Gasteiger partial charge in [-0.1, -0.05) is 6.58 Å². The van der Waals surface area contributed by atoms with Gasteiger partial charge in [-0.15, -0.1) is 0 Å². The van der Waals surface area contributed by atoms with E-state index >= 15 is 0 Å². The van der Waals surface area contributed by atoms with Gasteiger partial charge in [0.05, 0.1) is 26.0 Å². The lowest BCUT2D eigenvalue weighted by Crippen LogP contribution is -2.11. The van der Waals surface area contributed by atoms with Crippen LogP contribution in [-0.4, -0.2) is 26.3 Å². The highest BCUT2D eigenvalue weighted by Crippen LogP contribution is 2.18. The molecule has 0 heterocycles. The minimum absolute atomic E-state index is 0.353. The zero-order chi connectivity index (χ0) is 14.8. The van der Waals surface area contributed by atoms with Gasteiger partial charge in [0.2, 0.25) is 0 Å². The molecule has 0 aliphatic heterocycles. The zero-order valence-corrected chi connectivity index (χ0v) is 11.4. The van der Waals surface area contributed by atoms with Gasteiger partial charge in [-0.2, -0.15) is 0 Å². The average molecular weight is 280 g/mol. The summed E-state index contributed by atoms with van der Waals surface area (Å²) in [5, 5.41) is 11.6. The maximum absolute atomic E-state index is 11.1. The maximum atomic E-state index is 11.1. The van der Waals surface area contributed by atoms with Gasteiger partial charge in [-0.3, -0.25) is 4.84 Å². The molecule has 0 radical (unpaired) electrons. The Bertz CT molecular complexity index is 418. The van der Waals surface area contributed by atoms with Gasteiger partial charge < -0.3 is 19.9 Å². The van der Waals surface area contributed by atoms with Crippen molar-refractivity contribution in [2.75, 3.05) is 25.6 Å². The first-order valence-electron chi connectivity index (χ1n) is 6.21. The second-order valence-corrected chi connectivity index (χ2v) is 3.86. The summed E-state index contributed by atoms with van der Waals surface area (Å²) in [6, 6.07) is 6.60. The summed E-state index contributed by atoms with van der Waals surface area (Å²) in [6.45, 7) is 4.17. The second-order valence-electron chi connectivity index (χ2n) is 3.86. The van der Waals surface area contributed by atoms with E-state index < -0.39 is 5.97 Å². The lowest BCUT2D eigenvalue weighted by atomic mass is 10.3. The van der Waals surface area contributed by atoms with Crippen molar-refractivity contribution >= 4 is 11.7 Å². The van der Waals surface area contributed by atoms with Crippen LogP contribution in [0.25, 0.3) is 0 Å². The van der Waals surface area contributed by atoms with Crippen LogP contribution < -0.4 is 9.96 Å². The molecule has 110 valence electrons. The fourth-order valence-corrected chi connectivity index (χ4v) is 1.40. The number of anilines is 1. The lowest BCUT2D eigenvalue weighted by molar-refractivity contribution is -0.137. The summed E-state index contributed by atoms with van der Waals surface area (Å²) in [5.74, 6) is 0.253. The predicted molar refractivity (Wildman–Crippen MR) is 75.2 cm³/mol. The van der Waals surface area contributed by atoms with Crippen LogP contribution in [0.15, 0.2) is 36.9 Å². The van der Waals surface area contributed by atoms with Crippen LogP contribution in [0.5, 0.6) is 5.75 Å². The number of hydrogen-bond donors (Lipinski definition) is 0. The summed E-state index contributed by atoms with van der Waals surface area (Å²) < 4.78 is 10.3. The molecular weight excluding hydrogens is 262 g/mol. The van der Waals surface area contributed by atoms with Crippen molar-refractivity contribution in [1.82, 2.24) is 0 Å².